The van der Waals surface area contributed by atoms with Crippen molar-refractivity contribution in [3.8, 4) is 16.5 Å². The number of thiophene rings is 1. The number of amides is 1. The summed E-state index contributed by atoms with van der Waals surface area (Å²) in [5, 5.41) is 6.44. The third-order valence-corrected chi connectivity index (χ3v) is 6.41. The third kappa shape index (κ3) is 2.46. The number of likely N-dealkylation sites (tertiary alicyclic amines) is 1. The van der Waals surface area contributed by atoms with E-state index < -0.39 is 0 Å². The van der Waals surface area contributed by atoms with Crippen LogP contribution in [0.1, 0.15) is 35.3 Å². The van der Waals surface area contributed by atoms with Gasteiger partial charge >= 0.3 is 0 Å². The van der Waals surface area contributed by atoms with Crippen LogP contribution in [0.4, 0.5) is 0 Å². The van der Waals surface area contributed by atoms with Crippen LogP contribution in [0.15, 0.2) is 36.0 Å². The van der Waals surface area contributed by atoms with Crippen molar-refractivity contribution in [3.05, 3.63) is 47.2 Å². The topological polar surface area (TPSA) is 63.9 Å². The Morgan fingerprint density at radius 1 is 1.31 bits per heavy atom. The van der Waals surface area contributed by atoms with Gasteiger partial charge in [-0.3, -0.25) is 4.79 Å². The van der Waals surface area contributed by atoms with Crippen LogP contribution in [0, 0.1) is 12.8 Å². The molecule has 3 aromatic rings. The van der Waals surface area contributed by atoms with Crippen LogP contribution >= 0.6 is 11.3 Å². The molecule has 0 spiro atoms. The Labute approximate surface area is 155 Å². The van der Waals surface area contributed by atoms with Crippen LogP contribution in [0.5, 0.6) is 0 Å². The van der Waals surface area contributed by atoms with E-state index in [4.69, 9.17) is 0 Å². The SMILES string of the molecule is Cc1c(C(=O)N2C[C@@H]3CC[C@@H]2C3)cnn1-c1nccc(-c2cccs2)n1. The van der Waals surface area contributed by atoms with Crippen molar-refractivity contribution in [2.45, 2.75) is 32.2 Å². The summed E-state index contributed by atoms with van der Waals surface area (Å²) in [6, 6.07) is 6.33. The van der Waals surface area contributed by atoms with E-state index in [0.717, 1.165) is 35.7 Å². The molecule has 6 nitrogen and oxygen atoms in total. The Morgan fingerprint density at radius 3 is 2.96 bits per heavy atom. The summed E-state index contributed by atoms with van der Waals surface area (Å²) in [6.45, 7) is 2.80. The average Bonchev–Trinajstić information content (AvgIpc) is 3.45. The zero-order valence-corrected chi connectivity index (χ0v) is 15.3. The number of carbonyl (C=O) groups excluding carboxylic acids is 1. The van der Waals surface area contributed by atoms with Crippen LogP contribution in [-0.2, 0) is 0 Å². The van der Waals surface area contributed by atoms with Gasteiger partial charge < -0.3 is 4.90 Å². The number of aromatic nitrogens is 4. The molecule has 0 aromatic carbocycles. The molecule has 0 unspecified atom stereocenters. The zero-order valence-electron chi connectivity index (χ0n) is 14.5. The molecule has 0 radical (unpaired) electrons. The molecular weight excluding hydrogens is 346 g/mol. The van der Waals surface area contributed by atoms with E-state index in [9.17, 15) is 4.79 Å². The molecule has 26 heavy (non-hydrogen) atoms. The highest BCUT2D eigenvalue weighted by molar-refractivity contribution is 7.13. The predicted molar refractivity (Wildman–Crippen MR) is 99.4 cm³/mol. The Bertz CT molecular complexity index is 964. The molecule has 132 valence electrons. The van der Waals surface area contributed by atoms with Crippen molar-refractivity contribution in [3.63, 3.8) is 0 Å². The van der Waals surface area contributed by atoms with E-state index in [1.165, 1.54) is 6.42 Å². The largest absolute Gasteiger partial charge is 0.335 e. The second-order valence-corrected chi connectivity index (χ2v) is 8.01. The summed E-state index contributed by atoms with van der Waals surface area (Å²) in [5.74, 6) is 1.27. The highest BCUT2D eigenvalue weighted by atomic mass is 32.1. The molecule has 0 N–H and O–H groups in total. The van der Waals surface area contributed by atoms with Crippen LogP contribution < -0.4 is 0 Å². The van der Waals surface area contributed by atoms with Crippen LogP contribution in [-0.4, -0.2) is 43.1 Å². The van der Waals surface area contributed by atoms with Gasteiger partial charge in [0.1, 0.15) is 0 Å². The minimum absolute atomic E-state index is 0.0929. The zero-order chi connectivity index (χ0) is 17.7. The molecule has 1 aliphatic heterocycles. The second-order valence-electron chi connectivity index (χ2n) is 7.07. The summed E-state index contributed by atoms with van der Waals surface area (Å²) < 4.78 is 1.67. The average molecular weight is 365 g/mol. The van der Waals surface area contributed by atoms with Gasteiger partial charge in [0.05, 0.1) is 28.0 Å². The number of nitrogens with zero attached hydrogens (tertiary/aromatic N) is 5. The fourth-order valence-electron chi connectivity index (χ4n) is 4.16. The molecule has 4 heterocycles. The molecule has 1 saturated carbocycles. The lowest BCUT2D eigenvalue weighted by Crippen LogP contribution is -2.37. The van der Waals surface area contributed by atoms with Crippen LogP contribution in [0.25, 0.3) is 16.5 Å². The summed E-state index contributed by atoms with van der Waals surface area (Å²) in [7, 11) is 0. The molecule has 1 aliphatic carbocycles. The highest BCUT2D eigenvalue weighted by Crippen LogP contribution is 2.38. The fourth-order valence-corrected chi connectivity index (χ4v) is 4.86. The van der Waals surface area contributed by atoms with Gasteiger partial charge in [-0.15, -0.1) is 11.3 Å². The Hall–Kier alpha value is -2.54. The Morgan fingerprint density at radius 2 is 2.23 bits per heavy atom. The molecule has 2 bridgehead atoms. The van der Waals surface area contributed by atoms with E-state index in [1.54, 1.807) is 28.4 Å². The normalized spacial score (nSPS) is 21.5. The van der Waals surface area contributed by atoms with Crippen molar-refractivity contribution in [1.29, 1.82) is 0 Å². The summed E-state index contributed by atoms with van der Waals surface area (Å²) in [5.41, 5.74) is 2.31. The van der Waals surface area contributed by atoms with Gasteiger partial charge in [0.2, 0.25) is 0 Å². The van der Waals surface area contributed by atoms with Crippen molar-refractivity contribution in [2.24, 2.45) is 5.92 Å². The van der Waals surface area contributed by atoms with Crippen LogP contribution in [0.3, 0.4) is 0 Å². The molecular formula is C19H19N5OS. The second kappa shape index (κ2) is 6.02. The minimum atomic E-state index is 0.0929. The van der Waals surface area contributed by atoms with Gasteiger partial charge in [-0.2, -0.15) is 5.10 Å². The highest BCUT2D eigenvalue weighted by Gasteiger charge is 2.41. The molecule has 3 aromatic heterocycles. The molecule has 2 atom stereocenters. The Balaban J connectivity index is 1.47. The van der Waals surface area contributed by atoms with Crippen LogP contribution in [0.2, 0.25) is 0 Å². The lowest BCUT2D eigenvalue weighted by Gasteiger charge is -2.26. The van der Waals surface area contributed by atoms with Gasteiger partial charge in [-0.1, -0.05) is 6.07 Å². The van der Waals surface area contributed by atoms with Gasteiger partial charge in [-0.25, -0.2) is 14.6 Å². The number of fused-ring (bicyclic) bond motifs is 2. The third-order valence-electron chi connectivity index (χ3n) is 5.52. The van der Waals surface area contributed by atoms with E-state index in [0.29, 0.717) is 23.5 Å². The maximum absolute atomic E-state index is 13.0. The molecule has 2 fully saturated rings. The number of piperidine rings is 1. The van der Waals surface area contributed by atoms with Gasteiger partial charge in [0, 0.05) is 18.8 Å². The fraction of sp³-hybridized carbons (Fsp3) is 0.368. The Kier molecular flexibility index (Phi) is 3.63. The molecule has 2 aliphatic rings. The number of hydrogen-bond acceptors (Lipinski definition) is 5. The molecule has 7 heteroatoms. The van der Waals surface area contributed by atoms with E-state index in [-0.39, 0.29) is 5.91 Å². The number of hydrogen-bond donors (Lipinski definition) is 0. The lowest BCUT2D eigenvalue weighted by atomic mass is 10.1. The van der Waals surface area contributed by atoms with Gasteiger partial charge in [0.25, 0.3) is 11.9 Å². The van der Waals surface area contributed by atoms with Crippen molar-refractivity contribution in [2.75, 3.05) is 6.54 Å². The summed E-state index contributed by atoms with van der Waals surface area (Å²) in [4.78, 5) is 25.1. The summed E-state index contributed by atoms with van der Waals surface area (Å²) in [6.07, 6.45) is 6.95. The van der Waals surface area contributed by atoms with Crippen molar-refractivity contribution in [1.82, 2.24) is 24.6 Å². The first-order valence-electron chi connectivity index (χ1n) is 8.93. The van der Waals surface area contributed by atoms with E-state index in [2.05, 4.69) is 15.1 Å². The first-order chi connectivity index (χ1) is 12.7. The van der Waals surface area contributed by atoms with E-state index >= 15 is 0 Å². The monoisotopic (exact) mass is 365 g/mol. The van der Waals surface area contributed by atoms with Crippen molar-refractivity contribution < 1.29 is 4.79 Å². The molecule has 1 amide bonds. The predicted octanol–water partition coefficient (Wildman–Crippen LogP) is 3.32. The van der Waals surface area contributed by atoms with Crippen molar-refractivity contribution >= 4 is 17.2 Å². The number of rotatable bonds is 3. The minimum Gasteiger partial charge on any atom is -0.335 e. The molecule has 5 rings (SSSR count). The summed E-state index contributed by atoms with van der Waals surface area (Å²) >= 11 is 1.64. The molecule has 1 saturated heterocycles. The van der Waals surface area contributed by atoms with E-state index in [1.807, 2.05) is 35.4 Å². The van der Waals surface area contributed by atoms with Gasteiger partial charge in [-0.05, 0) is 49.6 Å². The van der Waals surface area contributed by atoms with Gasteiger partial charge in [0.15, 0.2) is 0 Å². The smallest absolute Gasteiger partial charge is 0.257 e. The first kappa shape index (κ1) is 15.7. The first-order valence-corrected chi connectivity index (χ1v) is 9.81. The maximum atomic E-state index is 13.0. The number of carbonyl (C=O) groups is 1. The lowest BCUT2D eigenvalue weighted by molar-refractivity contribution is 0.0703. The maximum Gasteiger partial charge on any atom is 0.257 e. The standard InChI is InChI=1S/C19H19N5OS/c1-12-15(18(25)23-11-13-4-5-14(23)9-13)10-21-24(12)19-20-7-6-16(22-19)17-3-2-8-26-17/h2-3,6-8,10,13-14H,4-5,9,11H2,1H3/t13-,14-/m1/s1. The quantitative estimate of drug-likeness (QED) is 0.714.